The monoisotopic (exact) mass is 325 g/mol. The number of nitrogens with one attached hydrogen (secondary N) is 1. The lowest BCUT2D eigenvalue weighted by atomic mass is 10.2. The van der Waals surface area contributed by atoms with Gasteiger partial charge in [0, 0.05) is 17.1 Å². The van der Waals surface area contributed by atoms with E-state index in [9.17, 15) is 0 Å². The summed E-state index contributed by atoms with van der Waals surface area (Å²) in [5.41, 5.74) is 0.926. The summed E-state index contributed by atoms with van der Waals surface area (Å²) < 4.78 is 11.3. The molecule has 2 aromatic carbocycles. The predicted molar refractivity (Wildman–Crippen MR) is 86.7 cm³/mol. The fourth-order valence-corrected chi connectivity index (χ4v) is 2.51. The Morgan fingerprint density at radius 2 is 1.71 bits per heavy atom. The van der Waals surface area contributed by atoms with Gasteiger partial charge in [0.2, 0.25) is 0 Å². The lowest BCUT2D eigenvalue weighted by molar-refractivity contribution is 0.216. The van der Waals surface area contributed by atoms with Crippen molar-refractivity contribution in [1.82, 2.24) is 5.32 Å². The number of para-hydroxylation sites is 1. The third-order valence-corrected chi connectivity index (χ3v) is 3.29. The zero-order valence-electron chi connectivity index (χ0n) is 11.7. The maximum atomic E-state index is 6.19. The van der Waals surface area contributed by atoms with E-state index in [0.717, 1.165) is 11.3 Å². The third-order valence-electron chi connectivity index (χ3n) is 2.79. The molecule has 0 heterocycles. The van der Waals surface area contributed by atoms with Gasteiger partial charge in [-0.3, -0.25) is 0 Å². The highest BCUT2D eigenvalue weighted by molar-refractivity contribution is 6.35. The Bertz CT molecular complexity index is 576. The highest BCUT2D eigenvalue weighted by Crippen LogP contribution is 2.32. The van der Waals surface area contributed by atoms with Crippen molar-refractivity contribution in [3.63, 3.8) is 0 Å². The molecule has 0 aliphatic heterocycles. The van der Waals surface area contributed by atoms with Crippen LogP contribution >= 0.6 is 23.2 Å². The summed E-state index contributed by atoms with van der Waals surface area (Å²) in [6.07, 6.45) is 0. The molecular weight excluding hydrogens is 309 g/mol. The highest BCUT2D eigenvalue weighted by Gasteiger charge is 2.10. The van der Waals surface area contributed by atoms with E-state index in [1.165, 1.54) is 0 Å². The fourth-order valence-electron chi connectivity index (χ4n) is 1.92. The van der Waals surface area contributed by atoms with Crippen LogP contribution in [-0.4, -0.2) is 20.3 Å². The minimum atomic E-state index is 0.410. The first-order chi connectivity index (χ1) is 10.2. The minimum Gasteiger partial charge on any atom is -0.490 e. The molecule has 0 aliphatic rings. The topological polar surface area (TPSA) is 30.5 Å². The van der Waals surface area contributed by atoms with Crippen molar-refractivity contribution in [2.75, 3.05) is 20.3 Å². The van der Waals surface area contributed by atoms with Crippen molar-refractivity contribution < 1.29 is 9.47 Å². The molecule has 0 spiro atoms. The van der Waals surface area contributed by atoms with E-state index >= 15 is 0 Å². The van der Waals surface area contributed by atoms with Crippen LogP contribution in [0, 0.1) is 0 Å². The van der Waals surface area contributed by atoms with Crippen LogP contribution in [0.4, 0.5) is 0 Å². The van der Waals surface area contributed by atoms with E-state index in [-0.39, 0.29) is 0 Å². The van der Waals surface area contributed by atoms with Crippen LogP contribution in [0.2, 0.25) is 10.0 Å². The number of hydrogen-bond donors (Lipinski definition) is 1. The van der Waals surface area contributed by atoms with E-state index in [2.05, 4.69) is 5.32 Å². The van der Waals surface area contributed by atoms with Crippen molar-refractivity contribution in [1.29, 1.82) is 0 Å². The number of ether oxygens (including phenoxy) is 2. The average molecular weight is 326 g/mol. The van der Waals surface area contributed by atoms with Gasteiger partial charge < -0.3 is 14.8 Å². The maximum Gasteiger partial charge on any atom is 0.142 e. The Balaban J connectivity index is 1.93. The van der Waals surface area contributed by atoms with Crippen LogP contribution in [0.15, 0.2) is 42.5 Å². The van der Waals surface area contributed by atoms with Crippen LogP contribution in [0.1, 0.15) is 5.56 Å². The second kappa shape index (κ2) is 8.13. The Kier molecular flexibility index (Phi) is 6.18. The van der Waals surface area contributed by atoms with Crippen LogP contribution in [0.25, 0.3) is 0 Å². The maximum absolute atomic E-state index is 6.19. The summed E-state index contributed by atoms with van der Waals surface area (Å²) in [6, 6.07) is 13.1. The first-order valence-corrected chi connectivity index (χ1v) is 7.39. The Morgan fingerprint density at radius 1 is 1.00 bits per heavy atom. The third kappa shape index (κ3) is 4.81. The van der Waals surface area contributed by atoms with Gasteiger partial charge in [0.15, 0.2) is 0 Å². The largest absolute Gasteiger partial charge is 0.490 e. The molecule has 3 nitrogen and oxygen atoms in total. The molecule has 21 heavy (non-hydrogen) atoms. The number of halogens is 2. The van der Waals surface area contributed by atoms with Crippen molar-refractivity contribution in [3.8, 4) is 11.5 Å². The lowest BCUT2D eigenvalue weighted by Gasteiger charge is -2.14. The lowest BCUT2D eigenvalue weighted by Crippen LogP contribution is -2.12. The second-order valence-electron chi connectivity index (χ2n) is 4.42. The molecule has 0 saturated heterocycles. The highest BCUT2D eigenvalue weighted by atomic mass is 35.5. The Labute approximate surface area is 134 Å². The standard InChI is InChI=1S/C16H17Cl2NO2/c1-19-11-12-9-13(17)10-15(18)16(12)21-8-7-20-14-5-3-2-4-6-14/h2-6,9-10,19H,7-8,11H2,1H3. The van der Waals surface area contributed by atoms with Crippen LogP contribution in [0.3, 0.4) is 0 Å². The van der Waals surface area contributed by atoms with Gasteiger partial charge in [-0.25, -0.2) is 0 Å². The average Bonchev–Trinajstić information content (AvgIpc) is 2.47. The van der Waals surface area contributed by atoms with Crippen LogP contribution in [-0.2, 0) is 6.54 Å². The molecule has 112 valence electrons. The van der Waals surface area contributed by atoms with Gasteiger partial charge in [-0.2, -0.15) is 0 Å². The zero-order chi connectivity index (χ0) is 15.1. The molecule has 2 rings (SSSR count). The molecule has 0 saturated carbocycles. The van der Waals surface area contributed by atoms with Crippen molar-refractivity contribution in [2.45, 2.75) is 6.54 Å². The number of rotatable bonds is 7. The molecule has 2 aromatic rings. The molecule has 0 radical (unpaired) electrons. The molecule has 1 N–H and O–H groups in total. The minimum absolute atomic E-state index is 0.410. The van der Waals surface area contributed by atoms with Crippen molar-refractivity contribution in [2.24, 2.45) is 0 Å². The van der Waals surface area contributed by atoms with E-state index in [1.807, 2.05) is 43.4 Å². The van der Waals surface area contributed by atoms with Crippen molar-refractivity contribution in [3.05, 3.63) is 58.1 Å². The summed E-state index contributed by atoms with van der Waals surface area (Å²) >= 11 is 12.2. The van der Waals surface area contributed by atoms with Gasteiger partial charge in [0.05, 0.1) is 5.02 Å². The summed E-state index contributed by atoms with van der Waals surface area (Å²) in [6.45, 7) is 1.49. The van der Waals surface area contributed by atoms with E-state index in [0.29, 0.717) is 35.6 Å². The quantitative estimate of drug-likeness (QED) is 0.775. The van der Waals surface area contributed by atoms with Gasteiger partial charge in [-0.05, 0) is 31.3 Å². The van der Waals surface area contributed by atoms with Gasteiger partial charge in [-0.1, -0.05) is 41.4 Å². The smallest absolute Gasteiger partial charge is 0.142 e. The summed E-state index contributed by atoms with van der Waals surface area (Å²) in [5.74, 6) is 1.46. The summed E-state index contributed by atoms with van der Waals surface area (Å²) in [7, 11) is 1.86. The first kappa shape index (κ1) is 16.0. The second-order valence-corrected chi connectivity index (χ2v) is 5.26. The normalized spacial score (nSPS) is 10.4. The molecule has 5 heteroatoms. The van der Waals surface area contributed by atoms with Gasteiger partial charge >= 0.3 is 0 Å². The van der Waals surface area contributed by atoms with Crippen LogP contribution < -0.4 is 14.8 Å². The van der Waals surface area contributed by atoms with Crippen molar-refractivity contribution >= 4 is 23.2 Å². The molecule has 0 fully saturated rings. The first-order valence-electron chi connectivity index (χ1n) is 6.64. The van der Waals surface area contributed by atoms with Gasteiger partial charge in [-0.15, -0.1) is 0 Å². The van der Waals surface area contributed by atoms with Gasteiger partial charge in [0.1, 0.15) is 24.7 Å². The zero-order valence-corrected chi connectivity index (χ0v) is 13.2. The molecule has 0 aromatic heterocycles. The number of hydrogen-bond acceptors (Lipinski definition) is 3. The predicted octanol–water partition coefficient (Wildman–Crippen LogP) is 4.17. The van der Waals surface area contributed by atoms with Gasteiger partial charge in [0.25, 0.3) is 0 Å². The molecule has 0 amide bonds. The van der Waals surface area contributed by atoms with Crippen LogP contribution in [0.5, 0.6) is 11.5 Å². The Morgan fingerprint density at radius 3 is 2.43 bits per heavy atom. The summed E-state index contributed by atoms with van der Waals surface area (Å²) in [4.78, 5) is 0. The fraction of sp³-hybridized carbons (Fsp3) is 0.250. The molecular formula is C16H17Cl2NO2. The van der Waals surface area contributed by atoms with E-state index < -0.39 is 0 Å². The summed E-state index contributed by atoms with van der Waals surface area (Å²) in [5, 5.41) is 4.17. The Hall–Kier alpha value is -1.42. The van der Waals surface area contributed by atoms with E-state index in [1.54, 1.807) is 6.07 Å². The molecule has 0 atom stereocenters. The molecule has 0 bridgehead atoms. The molecule has 0 aliphatic carbocycles. The SMILES string of the molecule is CNCc1cc(Cl)cc(Cl)c1OCCOc1ccccc1. The number of benzene rings is 2. The molecule has 0 unspecified atom stereocenters. The van der Waals surface area contributed by atoms with E-state index in [4.69, 9.17) is 32.7 Å².